The van der Waals surface area contributed by atoms with Crippen molar-refractivity contribution < 1.29 is 9.90 Å². The molecule has 2 aliphatic carbocycles. The molecule has 0 aliphatic heterocycles. The first-order valence-electron chi connectivity index (χ1n) is 5.14. The highest BCUT2D eigenvalue weighted by molar-refractivity contribution is 5.76. The predicted molar refractivity (Wildman–Crippen MR) is 49.2 cm³/mol. The van der Waals surface area contributed by atoms with Gasteiger partial charge in [0.1, 0.15) is 0 Å². The molecule has 0 atom stereocenters. The van der Waals surface area contributed by atoms with Crippen LogP contribution in [-0.4, -0.2) is 17.1 Å². The van der Waals surface area contributed by atoms with E-state index in [9.17, 15) is 9.90 Å². The fraction of sp³-hybridized carbons (Fsp3) is 0.900. The number of nitrogens with two attached hydrogens (primary N) is 1. The first-order valence-corrected chi connectivity index (χ1v) is 5.14. The van der Waals surface area contributed by atoms with Gasteiger partial charge in [-0.25, -0.2) is 0 Å². The molecule has 0 radical (unpaired) electrons. The van der Waals surface area contributed by atoms with Crippen LogP contribution in [0.2, 0.25) is 0 Å². The van der Waals surface area contributed by atoms with Gasteiger partial charge in [0.2, 0.25) is 0 Å². The van der Waals surface area contributed by atoms with E-state index < -0.39 is 11.4 Å². The molecule has 3 heteroatoms. The van der Waals surface area contributed by atoms with Gasteiger partial charge in [-0.15, -0.1) is 0 Å². The van der Waals surface area contributed by atoms with Gasteiger partial charge in [0.15, 0.2) is 0 Å². The molecule has 0 unspecified atom stereocenters. The Hall–Kier alpha value is -0.570. The highest BCUT2D eigenvalue weighted by atomic mass is 16.4. The van der Waals surface area contributed by atoms with E-state index in [1.165, 1.54) is 12.8 Å². The van der Waals surface area contributed by atoms with Crippen molar-refractivity contribution in [2.24, 2.45) is 17.1 Å². The Bertz CT molecular complexity index is 215. The van der Waals surface area contributed by atoms with E-state index >= 15 is 0 Å². The molecule has 0 aromatic heterocycles. The van der Waals surface area contributed by atoms with Gasteiger partial charge in [-0.2, -0.15) is 0 Å². The summed E-state index contributed by atoms with van der Waals surface area (Å²) in [5.41, 5.74) is 5.26. The molecule has 0 aromatic rings. The Morgan fingerprint density at radius 2 is 1.85 bits per heavy atom. The minimum absolute atomic E-state index is 0.136. The van der Waals surface area contributed by atoms with Crippen LogP contribution in [-0.2, 0) is 4.79 Å². The zero-order valence-corrected chi connectivity index (χ0v) is 7.83. The average Bonchev–Trinajstić information content (AvgIpc) is 2.49. The molecule has 2 saturated carbocycles. The average molecular weight is 183 g/mol. The minimum atomic E-state index is -0.610. The Morgan fingerprint density at radius 1 is 1.31 bits per heavy atom. The molecule has 2 aliphatic rings. The van der Waals surface area contributed by atoms with Crippen LogP contribution in [0.25, 0.3) is 0 Å². The van der Waals surface area contributed by atoms with E-state index in [4.69, 9.17) is 5.73 Å². The second-order valence-electron chi connectivity index (χ2n) is 4.61. The Labute approximate surface area is 78.3 Å². The number of carbonyl (C=O) groups is 1. The zero-order valence-electron chi connectivity index (χ0n) is 7.83. The standard InChI is InChI=1S/C10H17NO2/c11-8-5-10(6-8,9(12)13)7-3-1-2-4-7/h7-8H,1-6,11H2,(H,12,13). The largest absolute Gasteiger partial charge is 0.481 e. The van der Waals surface area contributed by atoms with Crippen molar-refractivity contribution in [2.75, 3.05) is 0 Å². The van der Waals surface area contributed by atoms with E-state index in [0.717, 1.165) is 12.8 Å². The van der Waals surface area contributed by atoms with Gasteiger partial charge in [-0.3, -0.25) is 4.79 Å². The topological polar surface area (TPSA) is 63.3 Å². The maximum Gasteiger partial charge on any atom is 0.310 e. The van der Waals surface area contributed by atoms with Crippen molar-refractivity contribution in [2.45, 2.75) is 44.6 Å². The van der Waals surface area contributed by atoms with Gasteiger partial charge in [-0.05, 0) is 31.6 Å². The number of aliphatic carboxylic acids is 1. The van der Waals surface area contributed by atoms with Gasteiger partial charge in [-0.1, -0.05) is 12.8 Å². The summed E-state index contributed by atoms with van der Waals surface area (Å²) in [6.45, 7) is 0. The van der Waals surface area contributed by atoms with Crippen molar-refractivity contribution in [1.82, 2.24) is 0 Å². The molecule has 13 heavy (non-hydrogen) atoms. The number of hydrogen-bond acceptors (Lipinski definition) is 2. The third kappa shape index (κ3) is 1.26. The molecule has 0 aromatic carbocycles. The summed E-state index contributed by atoms with van der Waals surface area (Å²) in [5, 5.41) is 9.21. The normalized spacial score (nSPS) is 40.2. The zero-order chi connectivity index (χ0) is 9.47. The van der Waals surface area contributed by atoms with Gasteiger partial charge < -0.3 is 10.8 Å². The SMILES string of the molecule is NC1CC(C(=O)O)(C2CCCC2)C1. The van der Waals surface area contributed by atoms with Crippen LogP contribution in [0.1, 0.15) is 38.5 Å². The van der Waals surface area contributed by atoms with E-state index in [2.05, 4.69) is 0 Å². The fourth-order valence-corrected chi connectivity index (χ4v) is 3.04. The second kappa shape index (κ2) is 2.98. The summed E-state index contributed by atoms with van der Waals surface area (Å²) >= 11 is 0. The van der Waals surface area contributed by atoms with E-state index in [-0.39, 0.29) is 6.04 Å². The molecule has 2 fully saturated rings. The Balaban J connectivity index is 2.10. The lowest BCUT2D eigenvalue weighted by Gasteiger charge is -2.46. The van der Waals surface area contributed by atoms with Crippen LogP contribution in [0.15, 0.2) is 0 Å². The van der Waals surface area contributed by atoms with Gasteiger partial charge in [0, 0.05) is 6.04 Å². The van der Waals surface area contributed by atoms with E-state index in [0.29, 0.717) is 18.8 Å². The molecule has 74 valence electrons. The number of hydrogen-bond donors (Lipinski definition) is 2. The van der Waals surface area contributed by atoms with E-state index in [1.807, 2.05) is 0 Å². The van der Waals surface area contributed by atoms with Crippen molar-refractivity contribution >= 4 is 5.97 Å². The van der Waals surface area contributed by atoms with Crippen LogP contribution >= 0.6 is 0 Å². The van der Waals surface area contributed by atoms with Gasteiger partial charge >= 0.3 is 5.97 Å². The quantitative estimate of drug-likeness (QED) is 0.679. The first-order chi connectivity index (χ1) is 6.15. The summed E-state index contributed by atoms with van der Waals surface area (Å²) in [4.78, 5) is 11.2. The molecule has 0 heterocycles. The summed E-state index contributed by atoms with van der Waals surface area (Å²) in [5.74, 6) is -0.203. The summed E-state index contributed by atoms with van der Waals surface area (Å²) < 4.78 is 0. The van der Waals surface area contributed by atoms with Crippen molar-refractivity contribution in [3.8, 4) is 0 Å². The van der Waals surface area contributed by atoms with Crippen LogP contribution in [0.5, 0.6) is 0 Å². The van der Waals surface area contributed by atoms with Crippen molar-refractivity contribution in [1.29, 1.82) is 0 Å². The van der Waals surface area contributed by atoms with Crippen LogP contribution in [0, 0.1) is 11.3 Å². The maximum absolute atomic E-state index is 11.2. The molecule has 0 saturated heterocycles. The Kier molecular flexibility index (Phi) is 2.06. The maximum atomic E-state index is 11.2. The molecule has 0 amide bonds. The number of carboxylic acids is 1. The number of rotatable bonds is 2. The van der Waals surface area contributed by atoms with E-state index in [1.54, 1.807) is 0 Å². The lowest BCUT2D eigenvalue weighted by atomic mass is 9.58. The molecular formula is C10H17NO2. The summed E-state index contributed by atoms with van der Waals surface area (Å²) in [6, 6.07) is 0.136. The summed E-state index contributed by atoms with van der Waals surface area (Å²) in [7, 11) is 0. The molecule has 3 N–H and O–H groups in total. The molecule has 0 spiro atoms. The lowest BCUT2D eigenvalue weighted by molar-refractivity contribution is -0.161. The molecule has 3 nitrogen and oxygen atoms in total. The van der Waals surface area contributed by atoms with Crippen LogP contribution < -0.4 is 5.73 Å². The Morgan fingerprint density at radius 3 is 2.23 bits per heavy atom. The first kappa shape index (κ1) is 9.00. The van der Waals surface area contributed by atoms with Gasteiger partial charge in [0.05, 0.1) is 5.41 Å². The monoisotopic (exact) mass is 183 g/mol. The smallest absolute Gasteiger partial charge is 0.310 e. The third-order valence-electron chi connectivity index (χ3n) is 3.82. The second-order valence-corrected chi connectivity index (χ2v) is 4.61. The summed E-state index contributed by atoms with van der Waals surface area (Å²) in [6.07, 6.45) is 6.00. The number of carboxylic acid groups (broad SMARTS) is 1. The third-order valence-corrected chi connectivity index (χ3v) is 3.82. The predicted octanol–water partition coefficient (Wildman–Crippen LogP) is 1.37. The molecular weight excluding hydrogens is 166 g/mol. The molecule has 2 rings (SSSR count). The minimum Gasteiger partial charge on any atom is -0.481 e. The van der Waals surface area contributed by atoms with Crippen LogP contribution in [0.4, 0.5) is 0 Å². The van der Waals surface area contributed by atoms with Crippen molar-refractivity contribution in [3.05, 3.63) is 0 Å². The van der Waals surface area contributed by atoms with Gasteiger partial charge in [0.25, 0.3) is 0 Å². The lowest BCUT2D eigenvalue weighted by Crippen LogP contribution is -2.54. The van der Waals surface area contributed by atoms with Crippen molar-refractivity contribution in [3.63, 3.8) is 0 Å². The molecule has 0 bridgehead atoms. The highest BCUT2D eigenvalue weighted by Gasteiger charge is 2.54. The fourth-order valence-electron chi connectivity index (χ4n) is 3.04. The highest BCUT2D eigenvalue weighted by Crippen LogP contribution is 2.52. The van der Waals surface area contributed by atoms with Crippen LogP contribution in [0.3, 0.4) is 0 Å².